The molecule has 0 saturated carbocycles. The maximum Gasteiger partial charge on any atom is 0.260 e. The molecule has 0 aromatic heterocycles. The van der Waals surface area contributed by atoms with Crippen molar-refractivity contribution in [2.45, 2.75) is 32.2 Å². The first kappa shape index (κ1) is 20.7. The number of nitrogens with zero attached hydrogens (tertiary/aromatic N) is 1. The number of methoxy groups -OCH3 is 2. The summed E-state index contributed by atoms with van der Waals surface area (Å²) in [5, 5.41) is 0. The molecule has 0 radical (unpaired) electrons. The first-order valence-electron chi connectivity index (χ1n) is 9.76. The quantitative estimate of drug-likeness (QED) is 0.638. The van der Waals surface area contributed by atoms with E-state index in [9.17, 15) is 9.59 Å². The SMILES string of the molecule is COc1cccc(CC2CCCN2C(=O)COc2ccc(C(C)=O)cc2OC)c1. The molecule has 1 aliphatic heterocycles. The Bertz CT molecular complexity index is 879. The molecule has 0 bridgehead atoms. The second-order valence-electron chi connectivity index (χ2n) is 7.15. The molecule has 2 aromatic carbocycles. The molecule has 1 saturated heterocycles. The minimum atomic E-state index is -0.0651. The summed E-state index contributed by atoms with van der Waals surface area (Å²) < 4.78 is 16.3. The molecule has 1 unspecified atom stereocenters. The van der Waals surface area contributed by atoms with Crippen LogP contribution in [0, 0.1) is 0 Å². The van der Waals surface area contributed by atoms with Crippen molar-refractivity contribution in [3.8, 4) is 17.2 Å². The zero-order valence-electron chi connectivity index (χ0n) is 17.1. The van der Waals surface area contributed by atoms with Gasteiger partial charge in [0.1, 0.15) is 5.75 Å². The zero-order valence-corrected chi connectivity index (χ0v) is 17.1. The van der Waals surface area contributed by atoms with E-state index in [2.05, 4.69) is 6.07 Å². The Kier molecular flexibility index (Phi) is 6.75. The second-order valence-corrected chi connectivity index (χ2v) is 7.15. The molecule has 1 fully saturated rings. The number of benzene rings is 2. The van der Waals surface area contributed by atoms with Crippen LogP contribution in [0.1, 0.15) is 35.7 Å². The number of ketones is 1. The smallest absolute Gasteiger partial charge is 0.260 e. The van der Waals surface area contributed by atoms with E-state index in [0.29, 0.717) is 17.1 Å². The van der Waals surface area contributed by atoms with Crippen LogP contribution in [-0.2, 0) is 11.2 Å². The van der Waals surface area contributed by atoms with Crippen LogP contribution in [0.5, 0.6) is 17.2 Å². The van der Waals surface area contributed by atoms with Crippen LogP contribution in [-0.4, -0.2) is 50.0 Å². The first-order valence-corrected chi connectivity index (χ1v) is 9.76. The number of rotatable bonds is 8. The summed E-state index contributed by atoms with van der Waals surface area (Å²) in [5.74, 6) is 1.62. The lowest BCUT2D eigenvalue weighted by Crippen LogP contribution is -2.39. The van der Waals surface area contributed by atoms with Crippen molar-refractivity contribution >= 4 is 11.7 Å². The van der Waals surface area contributed by atoms with Crippen LogP contribution < -0.4 is 14.2 Å². The van der Waals surface area contributed by atoms with Gasteiger partial charge in [-0.05, 0) is 62.1 Å². The van der Waals surface area contributed by atoms with Crippen LogP contribution in [0.3, 0.4) is 0 Å². The van der Waals surface area contributed by atoms with Crippen LogP contribution >= 0.6 is 0 Å². The molecule has 6 heteroatoms. The van der Waals surface area contributed by atoms with Crippen molar-refractivity contribution in [3.05, 3.63) is 53.6 Å². The van der Waals surface area contributed by atoms with E-state index in [-0.39, 0.29) is 24.3 Å². The third-order valence-corrected chi connectivity index (χ3v) is 5.22. The minimum absolute atomic E-state index is 0.0481. The van der Waals surface area contributed by atoms with Gasteiger partial charge in [0.25, 0.3) is 5.91 Å². The number of ether oxygens (including phenoxy) is 3. The Hall–Kier alpha value is -3.02. The van der Waals surface area contributed by atoms with E-state index in [0.717, 1.165) is 37.1 Å². The van der Waals surface area contributed by atoms with E-state index in [1.54, 1.807) is 25.3 Å². The molecule has 3 rings (SSSR count). The van der Waals surface area contributed by atoms with E-state index >= 15 is 0 Å². The number of carbonyl (C=O) groups excluding carboxylic acids is 2. The Balaban J connectivity index is 1.63. The van der Waals surface area contributed by atoms with Gasteiger partial charge in [-0.3, -0.25) is 9.59 Å². The third kappa shape index (κ3) is 5.08. The number of hydrogen-bond acceptors (Lipinski definition) is 5. The van der Waals surface area contributed by atoms with Crippen molar-refractivity contribution in [1.82, 2.24) is 4.90 Å². The number of amides is 1. The van der Waals surface area contributed by atoms with Gasteiger partial charge in [-0.15, -0.1) is 0 Å². The summed E-state index contributed by atoms with van der Waals surface area (Å²) in [4.78, 5) is 26.2. The number of Topliss-reactive ketones (excluding diaryl/α,β-unsaturated/α-hetero) is 1. The monoisotopic (exact) mass is 397 g/mol. The lowest BCUT2D eigenvalue weighted by atomic mass is 10.0. The maximum absolute atomic E-state index is 12.8. The average Bonchev–Trinajstić information content (AvgIpc) is 3.20. The summed E-state index contributed by atoms with van der Waals surface area (Å²) in [6.45, 7) is 2.16. The lowest BCUT2D eigenvalue weighted by molar-refractivity contribution is -0.134. The molecule has 1 heterocycles. The molecular weight excluding hydrogens is 370 g/mol. The summed E-state index contributed by atoms with van der Waals surface area (Å²) in [5.41, 5.74) is 1.69. The fourth-order valence-electron chi connectivity index (χ4n) is 3.68. The molecule has 154 valence electrons. The van der Waals surface area contributed by atoms with Crippen LogP contribution in [0.4, 0.5) is 0 Å². The standard InChI is InChI=1S/C23H27NO5/c1-16(25)18-9-10-21(22(14-18)28-3)29-15-23(26)24-11-5-7-19(24)12-17-6-4-8-20(13-17)27-2/h4,6,8-10,13-14,19H,5,7,11-12,15H2,1-3H3. The van der Waals surface area contributed by atoms with Gasteiger partial charge in [-0.25, -0.2) is 0 Å². The molecule has 6 nitrogen and oxygen atoms in total. The van der Waals surface area contributed by atoms with Crippen molar-refractivity contribution in [2.75, 3.05) is 27.4 Å². The largest absolute Gasteiger partial charge is 0.497 e. The van der Waals surface area contributed by atoms with Gasteiger partial charge in [0, 0.05) is 18.2 Å². The van der Waals surface area contributed by atoms with Gasteiger partial charge < -0.3 is 19.1 Å². The molecule has 1 aliphatic rings. The van der Waals surface area contributed by atoms with Gasteiger partial charge in [-0.1, -0.05) is 12.1 Å². The highest BCUT2D eigenvalue weighted by molar-refractivity contribution is 5.94. The van der Waals surface area contributed by atoms with Gasteiger partial charge in [0.2, 0.25) is 0 Å². The van der Waals surface area contributed by atoms with Crippen LogP contribution in [0.25, 0.3) is 0 Å². The second kappa shape index (κ2) is 9.45. The normalized spacial score (nSPS) is 15.8. The van der Waals surface area contributed by atoms with Gasteiger partial charge in [-0.2, -0.15) is 0 Å². The summed E-state index contributed by atoms with van der Waals surface area (Å²) in [6.07, 6.45) is 2.75. The maximum atomic E-state index is 12.8. The predicted octanol–water partition coefficient (Wildman–Crippen LogP) is 3.52. The highest BCUT2D eigenvalue weighted by Crippen LogP contribution is 2.29. The zero-order chi connectivity index (χ0) is 20.8. The topological polar surface area (TPSA) is 65.1 Å². The molecule has 1 amide bonds. The Labute approximate surface area is 171 Å². The van der Waals surface area contributed by atoms with Crippen LogP contribution in [0.15, 0.2) is 42.5 Å². The Morgan fingerprint density at radius 1 is 1.07 bits per heavy atom. The van der Waals surface area contributed by atoms with E-state index in [4.69, 9.17) is 14.2 Å². The van der Waals surface area contributed by atoms with Crippen molar-refractivity contribution in [2.24, 2.45) is 0 Å². The number of carbonyl (C=O) groups is 2. The summed E-state index contributed by atoms with van der Waals surface area (Å²) in [7, 11) is 3.16. The van der Waals surface area contributed by atoms with Crippen LogP contribution in [0.2, 0.25) is 0 Å². The summed E-state index contributed by atoms with van der Waals surface area (Å²) in [6, 6.07) is 13.1. The van der Waals surface area contributed by atoms with Crippen molar-refractivity contribution in [1.29, 1.82) is 0 Å². The average molecular weight is 397 g/mol. The minimum Gasteiger partial charge on any atom is -0.497 e. The third-order valence-electron chi connectivity index (χ3n) is 5.22. The lowest BCUT2D eigenvalue weighted by Gasteiger charge is -2.25. The molecule has 0 aliphatic carbocycles. The Morgan fingerprint density at radius 2 is 1.90 bits per heavy atom. The summed E-state index contributed by atoms with van der Waals surface area (Å²) >= 11 is 0. The molecule has 1 atom stereocenters. The molecular formula is C23H27NO5. The Morgan fingerprint density at radius 3 is 2.62 bits per heavy atom. The van der Waals surface area contributed by atoms with Crippen molar-refractivity contribution < 1.29 is 23.8 Å². The molecule has 29 heavy (non-hydrogen) atoms. The fourth-order valence-corrected chi connectivity index (χ4v) is 3.68. The van der Waals surface area contributed by atoms with Gasteiger partial charge in [0.05, 0.1) is 14.2 Å². The number of likely N-dealkylation sites (tertiary alicyclic amines) is 1. The molecule has 0 N–H and O–H groups in total. The van der Waals surface area contributed by atoms with E-state index in [1.165, 1.54) is 14.0 Å². The highest BCUT2D eigenvalue weighted by Gasteiger charge is 2.29. The molecule has 2 aromatic rings. The molecule has 0 spiro atoms. The number of hydrogen-bond donors (Lipinski definition) is 0. The first-order chi connectivity index (χ1) is 14.0. The fraction of sp³-hybridized carbons (Fsp3) is 0.391. The van der Waals surface area contributed by atoms with Crippen molar-refractivity contribution in [3.63, 3.8) is 0 Å². The highest BCUT2D eigenvalue weighted by atomic mass is 16.5. The van der Waals surface area contributed by atoms with E-state index in [1.807, 2.05) is 23.1 Å². The predicted molar refractivity (Wildman–Crippen MR) is 110 cm³/mol. The van der Waals surface area contributed by atoms with Gasteiger partial charge in [0.15, 0.2) is 23.9 Å². The van der Waals surface area contributed by atoms with Gasteiger partial charge >= 0.3 is 0 Å². The van der Waals surface area contributed by atoms with E-state index < -0.39 is 0 Å².